The van der Waals surface area contributed by atoms with Crippen molar-refractivity contribution >= 4 is 23.9 Å². The lowest BCUT2D eigenvalue weighted by atomic mass is 9.98. The van der Waals surface area contributed by atoms with Gasteiger partial charge in [0.1, 0.15) is 18.8 Å². The molecular weight excluding hydrogens is 925 g/mol. The average molecular weight is 1020 g/mol. The molecule has 1 fully saturated rings. The number of aliphatic hydroxyl groups excluding tert-OH is 2. The van der Waals surface area contributed by atoms with E-state index in [1.54, 1.807) is 0 Å². The molecule has 1 saturated heterocycles. The summed E-state index contributed by atoms with van der Waals surface area (Å²) in [5.74, 6) is -3.25. The number of aliphatic hydroxyl groups is 2. The summed E-state index contributed by atoms with van der Waals surface area (Å²) >= 11 is 0. The van der Waals surface area contributed by atoms with Gasteiger partial charge < -0.3 is 39.0 Å². The maximum absolute atomic E-state index is 13.1. The molecule has 0 spiro atoms. The molecule has 73 heavy (non-hydrogen) atoms. The van der Waals surface area contributed by atoms with E-state index in [0.717, 1.165) is 122 Å². The van der Waals surface area contributed by atoms with E-state index in [1.807, 2.05) is 0 Å². The van der Waals surface area contributed by atoms with Crippen molar-refractivity contribution in [2.75, 3.05) is 13.2 Å². The predicted molar refractivity (Wildman–Crippen MR) is 294 cm³/mol. The molecule has 1 aliphatic rings. The molecule has 12 nitrogen and oxygen atoms in total. The Bertz CT molecular complexity index is 1690. The van der Waals surface area contributed by atoms with Crippen molar-refractivity contribution in [3.63, 3.8) is 0 Å². The molecule has 6 atom stereocenters. The van der Waals surface area contributed by atoms with Crippen molar-refractivity contribution in [2.45, 2.75) is 237 Å². The molecular formula is C61H96O12. The summed E-state index contributed by atoms with van der Waals surface area (Å²) in [7, 11) is 0. The van der Waals surface area contributed by atoms with Gasteiger partial charge in [0.25, 0.3) is 0 Å². The zero-order chi connectivity index (χ0) is 53.3. The fourth-order valence-corrected chi connectivity index (χ4v) is 7.58. The third kappa shape index (κ3) is 38.6. The highest BCUT2D eigenvalue weighted by Crippen LogP contribution is 2.26. The van der Waals surface area contributed by atoms with E-state index in [9.17, 15) is 34.5 Å². The first-order chi connectivity index (χ1) is 35.6. The van der Waals surface area contributed by atoms with Gasteiger partial charge in [0, 0.05) is 19.3 Å². The minimum absolute atomic E-state index is 0.0138. The van der Waals surface area contributed by atoms with E-state index in [1.165, 1.54) is 19.3 Å². The predicted octanol–water partition coefficient (Wildman–Crippen LogP) is 13.9. The van der Waals surface area contributed by atoms with Crippen LogP contribution in [0.1, 0.15) is 201 Å². The summed E-state index contributed by atoms with van der Waals surface area (Å²) in [5.41, 5.74) is 0. The third-order valence-electron chi connectivity index (χ3n) is 11.8. The molecule has 0 bridgehead atoms. The van der Waals surface area contributed by atoms with E-state index < -0.39 is 67.3 Å². The molecule has 3 N–H and O–H groups in total. The topological polar surface area (TPSA) is 175 Å². The van der Waals surface area contributed by atoms with E-state index >= 15 is 0 Å². The Hall–Kier alpha value is -4.62. The summed E-state index contributed by atoms with van der Waals surface area (Å²) < 4.78 is 28.3. The largest absolute Gasteiger partial charge is 0.479 e. The van der Waals surface area contributed by atoms with Crippen molar-refractivity contribution in [3.8, 4) is 0 Å². The zero-order valence-electron chi connectivity index (χ0n) is 45.1. The zero-order valence-corrected chi connectivity index (χ0v) is 45.1. The van der Waals surface area contributed by atoms with Gasteiger partial charge in [-0.25, -0.2) is 4.79 Å². The number of aliphatic carboxylic acids is 1. The lowest BCUT2D eigenvalue weighted by Crippen LogP contribution is -2.61. The first kappa shape index (κ1) is 66.4. The Kier molecular flexibility index (Phi) is 44.0. The number of rotatable bonds is 45. The molecule has 0 aromatic rings. The molecule has 412 valence electrons. The quantitative estimate of drug-likeness (QED) is 0.0228. The van der Waals surface area contributed by atoms with E-state index in [2.05, 4.69) is 130 Å². The van der Waals surface area contributed by atoms with Gasteiger partial charge in [-0.15, -0.1) is 0 Å². The Balaban J connectivity index is 2.78. The van der Waals surface area contributed by atoms with E-state index in [-0.39, 0.29) is 25.9 Å². The van der Waals surface area contributed by atoms with E-state index in [0.29, 0.717) is 19.3 Å². The highest BCUT2D eigenvalue weighted by molar-refractivity contribution is 5.74. The normalized spacial score (nSPS) is 19.2. The van der Waals surface area contributed by atoms with Crippen LogP contribution in [0.5, 0.6) is 0 Å². The molecule has 0 radical (unpaired) electrons. The number of hydrogen-bond donors (Lipinski definition) is 3. The van der Waals surface area contributed by atoms with Gasteiger partial charge in [-0.1, -0.05) is 169 Å². The monoisotopic (exact) mass is 1020 g/mol. The van der Waals surface area contributed by atoms with E-state index in [4.69, 9.17) is 23.7 Å². The number of allylic oxidation sites excluding steroid dienone is 18. The Labute approximate surface area is 440 Å². The van der Waals surface area contributed by atoms with Crippen LogP contribution in [0.3, 0.4) is 0 Å². The SMILES string of the molecule is CC/C=C\C/C=C\C/C=C\C/C=C\CCCCC(=O)OCC(COC1OC(C(=O)O)C(O)C(O)C1OC(=O)CCCCC/C=C\C/C=C\C/C=C\CC)OC(=O)CCCCCCC/C=C\C/C=C\CCCCC. The number of unbranched alkanes of at least 4 members (excludes halogenated alkanes) is 13. The summed E-state index contributed by atoms with van der Waals surface area (Å²) in [4.78, 5) is 51.0. The molecule has 0 aromatic heterocycles. The second kappa shape index (κ2) is 48.3. The summed E-state index contributed by atoms with van der Waals surface area (Å²) in [6, 6.07) is 0. The van der Waals surface area contributed by atoms with Crippen LogP contribution in [0.4, 0.5) is 0 Å². The van der Waals surface area contributed by atoms with Gasteiger partial charge in [-0.05, 0) is 122 Å². The van der Waals surface area contributed by atoms with Gasteiger partial charge in [-0.3, -0.25) is 14.4 Å². The fourth-order valence-electron chi connectivity index (χ4n) is 7.58. The molecule has 1 heterocycles. The smallest absolute Gasteiger partial charge is 0.335 e. The van der Waals surface area contributed by atoms with Gasteiger partial charge in [0.05, 0.1) is 6.61 Å². The maximum Gasteiger partial charge on any atom is 0.335 e. The Morgan fingerprint density at radius 3 is 1.36 bits per heavy atom. The first-order valence-corrected chi connectivity index (χ1v) is 27.9. The number of ether oxygens (including phenoxy) is 5. The van der Waals surface area contributed by atoms with Crippen molar-refractivity contribution in [2.24, 2.45) is 0 Å². The summed E-state index contributed by atoms with van der Waals surface area (Å²) in [5, 5.41) is 31.4. The summed E-state index contributed by atoms with van der Waals surface area (Å²) in [6.07, 6.45) is 52.1. The summed E-state index contributed by atoms with van der Waals surface area (Å²) in [6.45, 7) is 5.65. The molecule has 1 rings (SSSR count). The molecule has 0 aromatic carbocycles. The van der Waals surface area contributed by atoms with Crippen LogP contribution in [0.25, 0.3) is 0 Å². The first-order valence-electron chi connectivity index (χ1n) is 27.9. The minimum Gasteiger partial charge on any atom is -0.479 e. The maximum atomic E-state index is 13.1. The van der Waals surface area contributed by atoms with Crippen molar-refractivity contribution in [1.29, 1.82) is 0 Å². The number of carbonyl (C=O) groups excluding carboxylic acids is 3. The Morgan fingerprint density at radius 2 is 0.863 bits per heavy atom. The minimum atomic E-state index is -1.93. The van der Waals surface area contributed by atoms with Crippen molar-refractivity contribution in [3.05, 3.63) is 109 Å². The second-order valence-corrected chi connectivity index (χ2v) is 18.4. The highest BCUT2D eigenvalue weighted by atomic mass is 16.7. The van der Waals surface area contributed by atoms with Crippen LogP contribution in [-0.2, 0) is 42.9 Å². The van der Waals surface area contributed by atoms with Crippen LogP contribution in [0.15, 0.2) is 109 Å². The van der Waals surface area contributed by atoms with Crippen LogP contribution >= 0.6 is 0 Å². The van der Waals surface area contributed by atoms with Gasteiger partial charge in [0.15, 0.2) is 24.6 Å². The van der Waals surface area contributed by atoms with Gasteiger partial charge in [0.2, 0.25) is 0 Å². The van der Waals surface area contributed by atoms with Gasteiger partial charge in [-0.2, -0.15) is 0 Å². The number of carboxylic acids is 1. The van der Waals surface area contributed by atoms with Crippen LogP contribution < -0.4 is 0 Å². The molecule has 0 aliphatic carbocycles. The lowest BCUT2D eigenvalue weighted by Gasteiger charge is -2.40. The average Bonchev–Trinajstić information content (AvgIpc) is 3.37. The second-order valence-electron chi connectivity index (χ2n) is 18.4. The van der Waals surface area contributed by atoms with Crippen LogP contribution in [-0.4, -0.2) is 89.2 Å². The standard InChI is InChI=1S/C61H96O12/c1-4-7-10-13-16-19-22-25-27-30-32-35-38-41-44-47-53(62)69-50-52(71-54(63)48-45-42-39-36-34-31-28-26-23-20-17-14-11-8-5-2)51-70-61-59(57(66)56(65)58(73-61)60(67)68)72-55(64)49-46-43-40-37-33-29-24-21-18-15-12-9-6-3/h7,9-10,12,16-21,25-29,32-33,35,52,56-59,61,65-66H,4-6,8,11,13-15,22-24,30-31,34,36-51H2,1-3H3,(H,67,68)/b10-7-,12-9-,19-16-,20-17-,21-18-,27-25-,28-26-,33-29-,35-32-. The molecule has 12 heteroatoms. The number of esters is 3. The number of carboxylic acid groups (broad SMARTS) is 1. The molecule has 1 aliphatic heterocycles. The molecule has 6 unspecified atom stereocenters. The van der Waals surface area contributed by atoms with Crippen LogP contribution in [0, 0.1) is 0 Å². The van der Waals surface area contributed by atoms with Gasteiger partial charge >= 0.3 is 23.9 Å². The molecule has 0 amide bonds. The van der Waals surface area contributed by atoms with Crippen molar-refractivity contribution in [1.82, 2.24) is 0 Å². The van der Waals surface area contributed by atoms with Crippen LogP contribution in [0.2, 0.25) is 0 Å². The van der Waals surface area contributed by atoms with Crippen molar-refractivity contribution < 1.29 is 58.2 Å². The number of carbonyl (C=O) groups is 4. The fraction of sp³-hybridized carbons (Fsp3) is 0.639. The number of hydrogen-bond acceptors (Lipinski definition) is 11. The molecule has 0 saturated carbocycles. The Morgan fingerprint density at radius 1 is 0.466 bits per heavy atom. The third-order valence-corrected chi connectivity index (χ3v) is 11.8. The lowest BCUT2D eigenvalue weighted by molar-refractivity contribution is -0.301. The highest BCUT2D eigenvalue weighted by Gasteiger charge is 2.50.